The number of rotatable bonds is 4. The zero-order valence-electron chi connectivity index (χ0n) is 10.1. The van der Waals surface area contributed by atoms with Gasteiger partial charge in [0, 0.05) is 5.04 Å². The lowest BCUT2D eigenvalue weighted by molar-refractivity contribution is 0.635. The van der Waals surface area contributed by atoms with E-state index < -0.39 is 9.85 Å². The molecule has 0 fully saturated rings. The molecule has 0 saturated heterocycles. The zero-order valence-corrected chi connectivity index (χ0v) is 11.5. The predicted molar refractivity (Wildman–Crippen MR) is 73.6 cm³/mol. The van der Waals surface area contributed by atoms with E-state index in [-0.39, 0.29) is 5.04 Å². The first-order valence-electron chi connectivity index (χ1n) is 6.00. The lowest BCUT2D eigenvalue weighted by atomic mass is 9.88. The van der Waals surface area contributed by atoms with Gasteiger partial charge in [-0.2, -0.15) is 0 Å². The molecule has 2 aromatic carbocycles. The zero-order chi connectivity index (χ0) is 12.1. The molecule has 0 amide bonds. The Balaban J connectivity index is 2.54. The Kier molecular flexibility index (Phi) is 3.74. The van der Waals surface area contributed by atoms with Crippen molar-refractivity contribution in [3.8, 4) is 0 Å². The fourth-order valence-corrected chi connectivity index (χ4v) is 3.31. The van der Waals surface area contributed by atoms with Crippen LogP contribution in [-0.2, 0) is 5.04 Å². The Morgan fingerprint density at radius 2 is 1.29 bits per heavy atom. The Morgan fingerprint density at radius 3 is 1.59 bits per heavy atom. The third-order valence-corrected chi connectivity index (χ3v) is 5.26. The standard InChI is InChI=1S/C15H17FSi/c1-2-15(17-16,13-9-5-3-6-10-13)14-11-7-4-8-12-14/h3-12H,2,17H2,1H3. The summed E-state index contributed by atoms with van der Waals surface area (Å²) in [5.74, 6) is 0. The molecule has 0 spiro atoms. The monoisotopic (exact) mass is 244 g/mol. The van der Waals surface area contributed by atoms with Crippen molar-refractivity contribution in [1.29, 1.82) is 0 Å². The molecule has 0 atom stereocenters. The molecule has 0 aliphatic carbocycles. The van der Waals surface area contributed by atoms with Crippen molar-refractivity contribution in [2.45, 2.75) is 18.4 Å². The second kappa shape index (κ2) is 5.28. The first kappa shape index (κ1) is 12.1. The normalized spacial score (nSPS) is 12.1. The van der Waals surface area contributed by atoms with E-state index in [1.54, 1.807) is 0 Å². The van der Waals surface area contributed by atoms with Crippen LogP contribution in [0, 0.1) is 0 Å². The van der Waals surface area contributed by atoms with Gasteiger partial charge in [-0.25, -0.2) is 0 Å². The number of hydrogen-bond donors (Lipinski definition) is 0. The van der Waals surface area contributed by atoms with Crippen molar-refractivity contribution in [3.05, 3.63) is 71.8 Å². The average molecular weight is 244 g/mol. The number of hydrogen-bond acceptors (Lipinski definition) is 0. The van der Waals surface area contributed by atoms with Crippen LogP contribution in [0.15, 0.2) is 60.7 Å². The van der Waals surface area contributed by atoms with Gasteiger partial charge >= 0.3 is 0 Å². The minimum absolute atomic E-state index is 0.359. The molecule has 0 heterocycles. The summed E-state index contributed by atoms with van der Waals surface area (Å²) in [4.78, 5) is 0. The van der Waals surface area contributed by atoms with Crippen LogP contribution in [0.2, 0.25) is 0 Å². The highest BCUT2D eigenvalue weighted by atomic mass is 28.3. The smallest absolute Gasteiger partial charge is 0.231 e. The summed E-state index contributed by atoms with van der Waals surface area (Å²) in [5, 5.41) is -0.359. The van der Waals surface area contributed by atoms with Crippen molar-refractivity contribution in [2.24, 2.45) is 0 Å². The molecule has 0 bridgehead atoms. The summed E-state index contributed by atoms with van der Waals surface area (Å²) in [5.41, 5.74) is 2.23. The Morgan fingerprint density at radius 1 is 0.882 bits per heavy atom. The summed E-state index contributed by atoms with van der Waals surface area (Å²) < 4.78 is 13.8. The van der Waals surface area contributed by atoms with Crippen LogP contribution in [0.5, 0.6) is 0 Å². The maximum Gasteiger partial charge on any atom is 0.231 e. The molecule has 0 aliphatic rings. The molecule has 0 N–H and O–H groups in total. The van der Waals surface area contributed by atoms with Gasteiger partial charge in [0.05, 0.1) is 0 Å². The Bertz CT molecular complexity index is 407. The summed E-state index contributed by atoms with van der Waals surface area (Å²) in [6, 6.07) is 20.1. The van der Waals surface area contributed by atoms with Crippen molar-refractivity contribution in [2.75, 3.05) is 0 Å². The van der Waals surface area contributed by atoms with E-state index in [1.165, 1.54) is 0 Å². The molecule has 2 heteroatoms. The molecule has 2 aromatic rings. The first-order chi connectivity index (χ1) is 8.33. The van der Waals surface area contributed by atoms with Crippen molar-refractivity contribution < 1.29 is 4.11 Å². The molecule has 88 valence electrons. The van der Waals surface area contributed by atoms with E-state index in [9.17, 15) is 4.11 Å². The Hall–Kier alpha value is -1.41. The quantitative estimate of drug-likeness (QED) is 0.571. The minimum Gasteiger partial charge on any atom is -0.321 e. The van der Waals surface area contributed by atoms with Gasteiger partial charge in [0.1, 0.15) is 0 Å². The van der Waals surface area contributed by atoms with Crippen LogP contribution < -0.4 is 0 Å². The molecule has 0 radical (unpaired) electrons. The van der Waals surface area contributed by atoms with E-state index in [2.05, 4.69) is 6.92 Å². The molecular weight excluding hydrogens is 227 g/mol. The lowest BCUT2D eigenvalue weighted by Gasteiger charge is -2.30. The SMILES string of the molecule is CCC([SiH2]F)(c1ccccc1)c1ccccc1. The van der Waals surface area contributed by atoms with Crippen LogP contribution in [-0.4, -0.2) is 9.85 Å². The maximum atomic E-state index is 13.8. The summed E-state index contributed by atoms with van der Waals surface area (Å²) in [7, 11) is -1.68. The average Bonchev–Trinajstić information content (AvgIpc) is 2.43. The van der Waals surface area contributed by atoms with Crippen LogP contribution in [0.3, 0.4) is 0 Å². The molecule has 2 rings (SSSR count). The van der Waals surface area contributed by atoms with Gasteiger partial charge in [-0.15, -0.1) is 0 Å². The predicted octanol–water partition coefficient (Wildman–Crippen LogP) is 3.39. The fourth-order valence-electron chi connectivity index (χ4n) is 2.34. The molecule has 0 aliphatic heterocycles. The third kappa shape index (κ3) is 2.18. The highest BCUT2D eigenvalue weighted by molar-refractivity contribution is 6.33. The largest absolute Gasteiger partial charge is 0.321 e. The second-order valence-electron chi connectivity index (χ2n) is 4.30. The van der Waals surface area contributed by atoms with Gasteiger partial charge < -0.3 is 4.11 Å². The van der Waals surface area contributed by atoms with E-state index in [0.29, 0.717) is 0 Å². The van der Waals surface area contributed by atoms with E-state index >= 15 is 0 Å². The van der Waals surface area contributed by atoms with E-state index in [4.69, 9.17) is 0 Å². The number of benzene rings is 2. The molecule has 17 heavy (non-hydrogen) atoms. The van der Waals surface area contributed by atoms with Gasteiger partial charge in [0.15, 0.2) is 0 Å². The van der Waals surface area contributed by atoms with Gasteiger partial charge in [0.2, 0.25) is 9.85 Å². The summed E-state index contributed by atoms with van der Waals surface area (Å²) >= 11 is 0. The topological polar surface area (TPSA) is 0 Å². The molecule has 0 nitrogen and oxygen atoms in total. The number of halogens is 1. The van der Waals surface area contributed by atoms with E-state index in [0.717, 1.165) is 17.5 Å². The van der Waals surface area contributed by atoms with Crippen molar-refractivity contribution in [3.63, 3.8) is 0 Å². The lowest BCUT2D eigenvalue weighted by Crippen LogP contribution is -2.31. The summed E-state index contributed by atoms with van der Waals surface area (Å²) in [6.45, 7) is 2.08. The van der Waals surface area contributed by atoms with Crippen LogP contribution in [0.4, 0.5) is 4.11 Å². The van der Waals surface area contributed by atoms with Crippen molar-refractivity contribution >= 4 is 9.85 Å². The van der Waals surface area contributed by atoms with E-state index in [1.807, 2.05) is 60.7 Å². The highest BCUT2D eigenvalue weighted by Gasteiger charge is 2.33. The third-order valence-electron chi connectivity index (χ3n) is 3.48. The molecule has 0 unspecified atom stereocenters. The van der Waals surface area contributed by atoms with Crippen LogP contribution >= 0.6 is 0 Å². The van der Waals surface area contributed by atoms with Gasteiger partial charge in [-0.1, -0.05) is 67.6 Å². The van der Waals surface area contributed by atoms with Crippen LogP contribution in [0.1, 0.15) is 24.5 Å². The molecule has 0 aromatic heterocycles. The molecular formula is C15H17FSi. The van der Waals surface area contributed by atoms with Gasteiger partial charge in [0.25, 0.3) is 0 Å². The summed E-state index contributed by atoms with van der Waals surface area (Å²) in [6.07, 6.45) is 0.823. The molecule has 0 saturated carbocycles. The van der Waals surface area contributed by atoms with Crippen molar-refractivity contribution in [1.82, 2.24) is 0 Å². The van der Waals surface area contributed by atoms with Gasteiger partial charge in [-0.3, -0.25) is 0 Å². The van der Waals surface area contributed by atoms with Crippen LogP contribution in [0.25, 0.3) is 0 Å². The minimum atomic E-state index is -1.68. The fraction of sp³-hybridized carbons (Fsp3) is 0.200. The van der Waals surface area contributed by atoms with Gasteiger partial charge in [-0.05, 0) is 17.5 Å². The Labute approximate surface area is 104 Å². The maximum absolute atomic E-state index is 13.8. The second-order valence-corrected chi connectivity index (χ2v) is 5.78. The highest BCUT2D eigenvalue weighted by Crippen LogP contribution is 2.34. The first-order valence-corrected chi connectivity index (χ1v) is 7.24.